The van der Waals surface area contributed by atoms with Crippen LogP contribution in [0.4, 0.5) is 0 Å². The lowest BCUT2D eigenvalue weighted by atomic mass is 10.4. The molecule has 0 heterocycles. The molecule has 0 saturated heterocycles. The Morgan fingerprint density at radius 1 is 1.29 bits per heavy atom. The van der Waals surface area contributed by atoms with Crippen LogP contribution >= 0.6 is 0 Å². The van der Waals surface area contributed by atoms with Gasteiger partial charge in [-0.1, -0.05) is 12.6 Å². The monoisotopic (exact) mass is 258 g/mol. The largest absolute Gasteiger partial charge is 0.462 e. The van der Waals surface area contributed by atoms with Crippen LogP contribution in [-0.2, 0) is 19.0 Å². The molecule has 17 heavy (non-hydrogen) atoms. The highest BCUT2D eigenvalue weighted by Crippen LogP contribution is 2.00. The zero-order valence-corrected chi connectivity index (χ0v) is 12.0. The van der Waals surface area contributed by atoms with Gasteiger partial charge in [-0.15, -0.1) is 0 Å². The smallest absolute Gasteiger partial charge is 0.333 e. The summed E-state index contributed by atoms with van der Waals surface area (Å²) in [5, 5.41) is 0. The zero-order valence-electron chi connectivity index (χ0n) is 11.0. The maximum Gasteiger partial charge on any atom is 0.333 e. The molecule has 0 saturated carbocycles. The second-order valence-electron chi connectivity index (χ2n) is 3.47. The Morgan fingerprint density at radius 2 is 1.88 bits per heavy atom. The van der Waals surface area contributed by atoms with E-state index >= 15 is 0 Å². The van der Waals surface area contributed by atoms with E-state index < -0.39 is 0 Å². The summed E-state index contributed by atoms with van der Waals surface area (Å²) in [7, 11) is 0.577. The Hall–Kier alpha value is -0.653. The average Bonchev–Trinajstić information content (AvgIpc) is 2.28. The topological polar surface area (TPSA) is 44.8 Å². The Kier molecular flexibility index (Phi) is 10.1. The molecule has 0 bridgehead atoms. The van der Waals surface area contributed by atoms with Crippen LogP contribution < -0.4 is 0 Å². The minimum Gasteiger partial charge on any atom is -0.462 e. The first-order valence-corrected chi connectivity index (χ1v) is 7.19. The molecule has 4 nitrogen and oxygen atoms in total. The standard InChI is InChI=1S/C12H22O4Si/c1-5-14-12(15-6-2)17-9-7-8-16-11(13)10(3)4/h12H,3,5-9H2,1-2,4H3. The lowest BCUT2D eigenvalue weighted by Gasteiger charge is -2.15. The average molecular weight is 258 g/mol. The first kappa shape index (κ1) is 16.3. The van der Waals surface area contributed by atoms with E-state index in [-0.39, 0.29) is 11.9 Å². The van der Waals surface area contributed by atoms with Gasteiger partial charge in [-0.05, 0) is 27.2 Å². The number of carbonyl (C=O) groups is 1. The molecular formula is C12H22O4Si. The van der Waals surface area contributed by atoms with E-state index in [2.05, 4.69) is 6.58 Å². The van der Waals surface area contributed by atoms with Gasteiger partial charge >= 0.3 is 5.97 Å². The molecule has 5 heteroatoms. The Morgan fingerprint density at radius 3 is 2.35 bits per heavy atom. The van der Waals surface area contributed by atoms with Crippen molar-refractivity contribution in [3.8, 4) is 0 Å². The molecule has 0 unspecified atom stereocenters. The maximum atomic E-state index is 11.1. The molecular weight excluding hydrogens is 236 g/mol. The summed E-state index contributed by atoms with van der Waals surface area (Å²) in [4.78, 5) is 11.1. The molecule has 2 radical (unpaired) electrons. The SMILES string of the molecule is C=C(C)C(=O)OCCC[Si]C(OCC)OCC. The summed E-state index contributed by atoms with van der Waals surface area (Å²) in [6.07, 6.45) is 0.827. The van der Waals surface area contributed by atoms with E-state index in [1.165, 1.54) is 0 Å². The predicted molar refractivity (Wildman–Crippen MR) is 68.0 cm³/mol. The number of esters is 1. The summed E-state index contributed by atoms with van der Waals surface area (Å²) in [5.74, 6) is -0.429. The van der Waals surface area contributed by atoms with Crippen molar-refractivity contribution < 1.29 is 19.0 Å². The third kappa shape index (κ3) is 9.09. The van der Waals surface area contributed by atoms with Gasteiger partial charge in [0.25, 0.3) is 0 Å². The number of carbonyl (C=O) groups excluding carboxylic acids is 1. The third-order valence-corrected chi connectivity index (χ3v) is 3.16. The predicted octanol–water partition coefficient (Wildman–Crippen LogP) is 1.97. The molecule has 0 N–H and O–H groups in total. The highest BCUT2D eigenvalue weighted by molar-refractivity contribution is 6.36. The molecule has 0 spiro atoms. The molecule has 0 rings (SSSR count). The molecule has 98 valence electrons. The molecule has 0 aliphatic heterocycles. The highest BCUT2D eigenvalue weighted by Gasteiger charge is 2.09. The molecule has 0 aromatic heterocycles. The number of hydrogen-bond donors (Lipinski definition) is 0. The fraction of sp³-hybridized carbons (Fsp3) is 0.750. The van der Waals surface area contributed by atoms with Crippen molar-refractivity contribution in [3.05, 3.63) is 12.2 Å². The van der Waals surface area contributed by atoms with Crippen molar-refractivity contribution in [1.29, 1.82) is 0 Å². The number of rotatable bonds is 10. The summed E-state index contributed by atoms with van der Waals surface area (Å²) >= 11 is 0. The van der Waals surface area contributed by atoms with Crippen molar-refractivity contribution in [2.75, 3.05) is 19.8 Å². The van der Waals surface area contributed by atoms with Gasteiger partial charge in [0.15, 0.2) is 0 Å². The quantitative estimate of drug-likeness (QED) is 0.198. The lowest BCUT2D eigenvalue weighted by Crippen LogP contribution is -2.24. The van der Waals surface area contributed by atoms with Crippen LogP contribution in [0.1, 0.15) is 27.2 Å². The van der Waals surface area contributed by atoms with E-state index in [0.717, 1.165) is 12.5 Å². The molecule has 0 aromatic carbocycles. The van der Waals surface area contributed by atoms with Crippen molar-refractivity contribution in [2.45, 2.75) is 39.1 Å². The summed E-state index contributed by atoms with van der Waals surface area (Å²) in [6, 6.07) is 0.939. The van der Waals surface area contributed by atoms with Crippen LogP contribution in [0.15, 0.2) is 12.2 Å². The Balaban J connectivity index is 3.54. The van der Waals surface area contributed by atoms with Gasteiger partial charge in [-0.25, -0.2) is 4.79 Å². The second kappa shape index (κ2) is 10.5. The highest BCUT2D eigenvalue weighted by atomic mass is 28.2. The van der Waals surface area contributed by atoms with Crippen LogP contribution in [0, 0.1) is 0 Å². The van der Waals surface area contributed by atoms with Crippen molar-refractivity contribution >= 4 is 15.5 Å². The second-order valence-corrected chi connectivity index (χ2v) is 4.85. The van der Waals surface area contributed by atoms with Gasteiger partial charge in [-0.3, -0.25) is 0 Å². The van der Waals surface area contributed by atoms with Crippen molar-refractivity contribution in [2.24, 2.45) is 0 Å². The first-order valence-electron chi connectivity index (χ1n) is 5.91. The normalized spacial score (nSPS) is 10.6. The van der Waals surface area contributed by atoms with Gasteiger partial charge in [-0.2, -0.15) is 0 Å². The molecule has 0 atom stereocenters. The van der Waals surface area contributed by atoms with E-state index in [4.69, 9.17) is 14.2 Å². The van der Waals surface area contributed by atoms with E-state index in [1.54, 1.807) is 6.92 Å². The summed E-state index contributed by atoms with van der Waals surface area (Å²) in [5.41, 5.74) is 0.439. The van der Waals surface area contributed by atoms with Crippen molar-refractivity contribution in [3.63, 3.8) is 0 Å². The molecule has 0 aliphatic carbocycles. The van der Waals surface area contributed by atoms with Gasteiger partial charge in [0, 0.05) is 18.8 Å². The van der Waals surface area contributed by atoms with Gasteiger partial charge in [0.1, 0.15) is 15.4 Å². The van der Waals surface area contributed by atoms with Crippen LogP contribution in [0.2, 0.25) is 6.04 Å². The molecule has 0 fully saturated rings. The summed E-state index contributed by atoms with van der Waals surface area (Å²) in [6.45, 7) is 10.8. The minimum absolute atomic E-state index is 0.109. The third-order valence-electron chi connectivity index (χ3n) is 1.85. The first-order chi connectivity index (χ1) is 8.11. The lowest BCUT2D eigenvalue weighted by molar-refractivity contribution is -0.138. The summed E-state index contributed by atoms with van der Waals surface area (Å²) < 4.78 is 15.8. The van der Waals surface area contributed by atoms with E-state index in [1.807, 2.05) is 13.8 Å². The molecule has 0 aromatic rings. The van der Waals surface area contributed by atoms with Gasteiger partial charge in [0.05, 0.1) is 6.61 Å². The fourth-order valence-corrected chi connectivity index (χ4v) is 2.20. The number of hydrogen-bond acceptors (Lipinski definition) is 4. The maximum absolute atomic E-state index is 11.1. The van der Waals surface area contributed by atoms with Crippen LogP contribution in [0.25, 0.3) is 0 Å². The zero-order chi connectivity index (χ0) is 13.1. The van der Waals surface area contributed by atoms with Crippen LogP contribution in [0.5, 0.6) is 0 Å². The van der Waals surface area contributed by atoms with Crippen molar-refractivity contribution in [1.82, 2.24) is 0 Å². The Bertz CT molecular complexity index is 225. The van der Waals surface area contributed by atoms with E-state index in [0.29, 0.717) is 34.9 Å². The van der Waals surface area contributed by atoms with Gasteiger partial charge in [0.2, 0.25) is 0 Å². The van der Waals surface area contributed by atoms with Gasteiger partial charge < -0.3 is 14.2 Å². The molecule has 0 aliphatic rings. The minimum atomic E-state index is -0.320. The number of ether oxygens (including phenoxy) is 3. The van der Waals surface area contributed by atoms with Crippen LogP contribution in [0.3, 0.4) is 0 Å². The fourth-order valence-electron chi connectivity index (χ4n) is 1.05. The Labute approximate surface area is 106 Å². The van der Waals surface area contributed by atoms with Crippen LogP contribution in [-0.4, -0.2) is 41.2 Å². The van der Waals surface area contributed by atoms with E-state index in [9.17, 15) is 4.79 Å². The molecule has 0 amide bonds.